The molecule has 0 spiro atoms. The van der Waals surface area contributed by atoms with Crippen LogP contribution in [0.3, 0.4) is 0 Å². The Hall–Kier alpha value is -1.76. The van der Waals surface area contributed by atoms with Gasteiger partial charge < -0.3 is 4.90 Å². The highest BCUT2D eigenvalue weighted by Crippen LogP contribution is 2.32. The van der Waals surface area contributed by atoms with Crippen molar-refractivity contribution >= 4 is 28.9 Å². The summed E-state index contributed by atoms with van der Waals surface area (Å²) in [5.41, 5.74) is 2.93. The molecule has 0 fully saturated rings. The SMILES string of the molecule is N#CCCN(Cc1cccnc1)c1c(Cl)cccc1CCl. The molecule has 21 heavy (non-hydrogen) atoms. The standard InChI is InChI=1S/C16H15Cl2N3/c17-10-14-5-1-6-15(18)16(14)21(9-3-7-19)12-13-4-2-8-20-11-13/h1-2,4-6,8,11H,3,9-10,12H2. The van der Waals surface area contributed by atoms with E-state index >= 15 is 0 Å². The second-order valence-corrected chi connectivity index (χ2v) is 5.25. The normalized spacial score (nSPS) is 10.1. The fourth-order valence-corrected chi connectivity index (χ4v) is 2.72. The zero-order valence-electron chi connectivity index (χ0n) is 11.5. The van der Waals surface area contributed by atoms with Crippen LogP contribution in [-0.4, -0.2) is 11.5 Å². The molecule has 0 radical (unpaired) electrons. The molecule has 0 saturated heterocycles. The highest BCUT2D eigenvalue weighted by Gasteiger charge is 2.15. The summed E-state index contributed by atoms with van der Waals surface area (Å²) in [6.07, 6.45) is 3.98. The van der Waals surface area contributed by atoms with Gasteiger partial charge in [-0.3, -0.25) is 4.98 Å². The minimum atomic E-state index is 0.381. The van der Waals surface area contributed by atoms with Crippen LogP contribution in [0.5, 0.6) is 0 Å². The monoisotopic (exact) mass is 319 g/mol. The number of rotatable bonds is 6. The maximum absolute atomic E-state index is 8.88. The van der Waals surface area contributed by atoms with Crippen LogP contribution in [0, 0.1) is 11.3 Å². The molecule has 0 atom stereocenters. The quantitative estimate of drug-likeness (QED) is 0.741. The summed E-state index contributed by atoms with van der Waals surface area (Å²) >= 11 is 12.4. The van der Waals surface area contributed by atoms with E-state index < -0.39 is 0 Å². The number of halogens is 2. The number of hydrogen-bond donors (Lipinski definition) is 0. The average molecular weight is 320 g/mol. The highest BCUT2D eigenvalue weighted by molar-refractivity contribution is 6.33. The third kappa shape index (κ3) is 4.10. The molecular formula is C16H15Cl2N3. The van der Waals surface area contributed by atoms with Crippen LogP contribution in [0.15, 0.2) is 42.7 Å². The van der Waals surface area contributed by atoms with Crippen molar-refractivity contribution in [2.75, 3.05) is 11.4 Å². The van der Waals surface area contributed by atoms with Gasteiger partial charge >= 0.3 is 0 Å². The van der Waals surface area contributed by atoms with Crippen LogP contribution in [0.25, 0.3) is 0 Å². The van der Waals surface area contributed by atoms with Gasteiger partial charge in [0.15, 0.2) is 0 Å². The van der Waals surface area contributed by atoms with E-state index in [0.717, 1.165) is 16.8 Å². The molecular weight excluding hydrogens is 305 g/mol. The van der Waals surface area contributed by atoms with Crippen LogP contribution in [-0.2, 0) is 12.4 Å². The molecule has 1 heterocycles. The van der Waals surface area contributed by atoms with Crippen molar-refractivity contribution in [3.8, 4) is 6.07 Å². The lowest BCUT2D eigenvalue weighted by Gasteiger charge is -2.27. The number of benzene rings is 1. The van der Waals surface area contributed by atoms with Crippen molar-refractivity contribution in [1.29, 1.82) is 5.26 Å². The summed E-state index contributed by atoms with van der Waals surface area (Å²) in [7, 11) is 0. The molecule has 5 heteroatoms. The van der Waals surface area contributed by atoms with E-state index in [-0.39, 0.29) is 0 Å². The Bertz CT molecular complexity index is 623. The smallest absolute Gasteiger partial charge is 0.0642 e. The van der Waals surface area contributed by atoms with Gasteiger partial charge in [0.25, 0.3) is 0 Å². The minimum absolute atomic E-state index is 0.381. The van der Waals surface area contributed by atoms with Gasteiger partial charge in [0, 0.05) is 31.4 Å². The largest absolute Gasteiger partial charge is 0.365 e. The molecule has 0 aliphatic heterocycles. The Morgan fingerprint density at radius 1 is 1.24 bits per heavy atom. The van der Waals surface area contributed by atoms with E-state index in [1.807, 2.05) is 36.5 Å². The van der Waals surface area contributed by atoms with E-state index in [9.17, 15) is 0 Å². The molecule has 0 bridgehead atoms. The summed E-state index contributed by atoms with van der Waals surface area (Å²) in [6.45, 7) is 1.24. The van der Waals surface area contributed by atoms with Crippen molar-refractivity contribution in [1.82, 2.24) is 4.98 Å². The van der Waals surface area contributed by atoms with Crippen LogP contribution >= 0.6 is 23.2 Å². The molecule has 0 amide bonds. The minimum Gasteiger partial charge on any atom is -0.365 e. The first kappa shape index (κ1) is 15.6. The Morgan fingerprint density at radius 2 is 2.10 bits per heavy atom. The molecule has 0 saturated carbocycles. The number of anilines is 1. The van der Waals surface area contributed by atoms with E-state index in [1.54, 1.807) is 6.20 Å². The second-order valence-electron chi connectivity index (χ2n) is 4.57. The van der Waals surface area contributed by atoms with Gasteiger partial charge in [0.1, 0.15) is 0 Å². The van der Waals surface area contributed by atoms with E-state index in [0.29, 0.717) is 30.4 Å². The summed E-state index contributed by atoms with van der Waals surface area (Å²) in [6, 6.07) is 11.8. The van der Waals surface area contributed by atoms with Crippen molar-refractivity contribution in [3.05, 3.63) is 58.9 Å². The van der Waals surface area contributed by atoms with Crippen LogP contribution < -0.4 is 4.90 Å². The van der Waals surface area contributed by atoms with E-state index in [4.69, 9.17) is 28.5 Å². The Kier molecular flexibility index (Phi) is 5.86. The second kappa shape index (κ2) is 7.87. The number of alkyl halides is 1. The Labute approximate surface area is 134 Å². The van der Waals surface area contributed by atoms with Crippen LogP contribution in [0.1, 0.15) is 17.5 Å². The maximum atomic E-state index is 8.88. The lowest BCUT2D eigenvalue weighted by atomic mass is 10.1. The van der Waals surface area contributed by atoms with Gasteiger partial charge in [0.2, 0.25) is 0 Å². The van der Waals surface area contributed by atoms with Crippen molar-refractivity contribution < 1.29 is 0 Å². The van der Waals surface area contributed by atoms with Gasteiger partial charge in [-0.05, 0) is 23.3 Å². The first-order valence-electron chi connectivity index (χ1n) is 6.60. The fourth-order valence-electron chi connectivity index (χ4n) is 2.19. The van der Waals surface area contributed by atoms with E-state index in [1.165, 1.54) is 0 Å². The predicted molar refractivity (Wildman–Crippen MR) is 86.5 cm³/mol. The number of hydrogen-bond acceptors (Lipinski definition) is 3. The van der Waals surface area contributed by atoms with Gasteiger partial charge in [-0.25, -0.2) is 0 Å². The Balaban J connectivity index is 2.34. The average Bonchev–Trinajstić information content (AvgIpc) is 2.52. The van der Waals surface area contributed by atoms with Gasteiger partial charge in [-0.2, -0.15) is 5.26 Å². The molecule has 0 aliphatic rings. The summed E-state index contributed by atoms with van der Waals surface area (Å²) in [5, 5.41) is 9.52. The molecule has 0 unspecified atom stereocenters. The van der Waals surface area contributed by atoms with Gasteiger partial charge in [0.05, 0.1) is 23.2 Å². The first-order valence-corrected chi connectivity index (χ1v) is 7.51. The van der Waals surface area contributed by atoms with Crippen molar-refractivity contribution in [2.45, 2.75) is 18.8 Å². The lowest BCUT2D eigenvalue weighted by molar-refractivity contribution is 0.791. The molecule has 1 aromatic carbocycles. The molecule has 2 rings (SSSR count). The lowest BCUT2D eigenvalue weighted by Crippen LogP contribution is -2.25. The van der Waals surface area contributed by atoms with Gasteiger partial charge in [-0.15, -0.1) is 11.6 Å². The van der Waals surface area contributed by atoms with Crippen LogP contribution in [0.2, 0.25) is 5.02 Å². The third-order valence-corrected chi connectivity index (χ3v) is 3.71. The fraction of sp³-hybridized carbons (Fsp3) is 0.250. The zero-order chi connectivity index (χ0) is 15.1. The van der Waals surface area contributed by atoms with Crippen molar-refractivity contribution in [2.24, 2.45) is 0 Å². The number of nitrogens with zero attached hydrogens (tertiary/aromatic N) is 3. The predicted octanol–water partition coefficient (Wildman–Crippen LogP) is 4.39. The molecule has 108 valence electrons. The maximum Gasteiger partial charge on any atom is 0.0642 e. The van der Waals surface area contributed by atoms with Crippen LogP contribution in [0.4, 0.5) is 5.69 Å². The molecule has 0 aliphatic carbocycles. The van der Waals surface area contributed by atoms with Crippen molar-refractivity contribution in [3.63, 3.8) is 0 Å². The highest BCUT2D eigenvalue weighted by atomic mass is 35.5. The number of pyridine rings is 1. The molecule has 0 N–H and O–H groups in total. The number of para-hydroxylation sites is 1. The summed E-state index contributed by atoms with van der Waals surface area (Å²) in [4.78, 5) is 6.21. The molecule has 3 nitrogen and oxygen atoms in total. The molecule has 2 aromatic rings. The van der Waals surface area contributed by atoms with E-state index in [2.05, 4.69) is 16.0 Å². The summed E-state index contributed by atoms with van der Waals surface area (Å²) in [5.74, 6) is 0.381. The summed E-state index contributed by atoms with van der Waals surface area (Å²) < 4.78 is 0. The Morgan fingerprint density at radius 3 is 2.76 bits per heavy atom. The first-order chi connectivity index (χ1) is 10.3. The number of aromatic nitrogens is 1. The molecule has 1 aromatic heterocycles. The number of nitriles is 1. The zero-order valence-corrected chi connectivity index (χ0v) is 13.0. The van der Waals surface area contributed by atoms with Gasteiger partial charge in [-0.1, -0.05) is 29.8 Å². The topological polar surface area (TPSA) is 39.9 Å². The third-order valence-electron chi connectivity index (χ3n) is 3.12.